The number of nitrogens with one attached hydrogen (secondary N) is 1. The lowest BCUT2D eigenvalue weighted by Gasteiger charge is -2.40. The zero-order valence-corrected chi connectivity index (χ0v) is 11.7. The van der Waals surface area contributed by atoms with Crippen LogP contribution in [0.5, 0.6) is 0 Å². The molecule has 1 atom stereocenters. The van der Waals surface area contributed by atoms with E-state index in [1.807, 2.05) is 0 Å². The molecule has 2 aliphatic rings. The highest BCUT2D eigenvalue weighted by molar-refractivity contribution is 4.86. The van der Waals surface area contributed by atoms with Gasteiger partial charge in [0.2, 0.25) is 0 Å². The molecule has 0 spiro atoms. The van der Waals surface area contributed by atoms with Crippen LogP contribution in [0.4, 0.5) is 0 Å². The van der Waals surface area contributed by atoms with Gasteiger partial charge in [-0.25, -0.2) is 0 Å². The van der Waals surface area contributed by atoms with Crippen molar-refractivity contribution < 1.29 is 4.74 Å². The van der Waals surface area contributed by atoms with Crippen molar-refractivity contribution >= 4 is 0 Å². The van der Waals surface area contributed by atoms with E-state index in [-0.39, 0.29) is 0 Å². The van der Waals surface area contributed by atoms with Crippen LogP contribution in [0.2, 0.25) is 0 Å². The van der Waals surface area contributed by atoms with Crippen LogP contribution >= 0.6 is 0 Å². The maximum absolute atomic E-state index is 5.82. The number of morpholine rings is 1. The fourth-order valence-electron chi connectivity index (χ4n) is 2.83. The Balaban J connectivity index is 1.65. The van der Waals surface area contributed by atoms with Gasteiger partial charge in [0.15, 0.2) is 0 Å². The average molecular weight is 240 g/mol. The lowest BCUT2D eigenvalue weighted by Crippen LogP contribution is -2.50. The van der Waals surface area contributed by atoms with Crippen LogP contribution in [0, 0.1) is 5.41 Å². The Hall–Kier alpha value is -0.120. The third-order valence-corrected chi connectivity index (χ3v) is 4.38. The Morgan fingerprint density at radius 1 is 1.41 bits per heavy atom. The third-order valence-electron chi connectivity index (χ3n) is 4.38. The summed E-state index contributed by atoms with van der Waals surface area (Å²) >= 11 is 0. The molecular weight excluding hydrogens is 212 g/mol. The summed E-state index contributed by atoms with van der Waals surface area (Å²) in [5, 5.41) is 3.61. The number of hydrogen-bond acceptors (Lipinski definition) is 3. The topological polar surface area (TPSA) is 24.5 Å². The Bertz CT molecular complexity index is 238. The predicted molar refractivity (Wildman–Crippen MR) is 71.3 cm³/mol. The average Bonchev–Trinajstić information content (AvgIpc) is 2.27. The first kappa shape index (κ1) is 13.3. The zero-order valence-electron chi connectivity index (χ0n) is 11.7. The second kappa shape index (κ2) is 5.68. The van der Waals surface area contributed by atoms with Gasteiger partial charge in [-0.05, 0) is 32.1 Å². The molecule has 1 unspecified atom stereocenters. The van der Waals surface area contributed by atoms with Crippen molar-refractivity contribution in [3.8, 4) is 0 Å². The molecule has 17 heavy (non-hydrogen) atoms. The van der Waals surface area contributed by atoms with Gasteiger partial charge in [-0.15, -0.1) is 0 Å². The van der Waals surface area contributed by atoms with Crippen molar-refractivity contribution in [3.05, 3.63) is 0 Å². The van der Waals surface area contributed by atoms with Gasteiger partial charge in [0.05, 0.1) is 12.7 Å². The van der Waals surface area contributed by atoms with Crippen molar-refractivity contribution in [2.45, 2.75) is 52.2 Å². The van der Waals surface area contributed by atoms with Gasteiger partial charge in [-0.2, -0.15) is 0 Å². The van der Waals surface area contributed by atoms with Gasteiger partial charge in [0.25, 0.3) is 0 Å². The van der Waals surface area contributed by atoms with E-state index in [9.17, 15) is 0 Å². The van der Waals surface area contributed by atoms with Crippen molar-refractivity contribution in [2.24, 2.45) is 5.41 Å². The molecule has 0 aromatic heterocycles. The molecule has 1 saturated carbocycles. The second-order valence-electron chi connectivity index (χ2n) is 6.38. The number of rotatable bonds is 5. The second-order valence-corrected chi connectivity index (χ2v) is 6.38. The van der Waals surface area contributed by atoms with Crippen molar-refractivity contribution in [1.82, 2.24) is 10.2 Å². The highest BCUT2D eigenvalue weighted by Crippen LogP contribution is 2.39. The highest BCUT2D eigenvalue weighted by Gasteiger charge is 2.31. The normalized spacial score (nSPS) is 29.3. The molecule has 3 heteroatoms. The molecule has 0 radical (unpaired) electrons. The van der Waals surface area contributed by atoms with E-state index in [1.54, 1.807) is 0 Å². The van der Waals surface area contributed by atoms with Crippen molar-refractivity contribution in [1.29, 1.82) is 0 Å². The summed E-state index contributed by atoms with van der Waals surface area (Å²) in [4.78, 5) is 2.51. The van der Waals surface area contributed by atoms with Crippen molar-refractivity contribution in [3.63, 3.8) is 0 Å². The van der Waals surface area contributed by atoms with Crippen molar-refractivity contribution in [2.75, 3.05) is 32.8 Å². The van der Waals surface area contributed by atoms with Crippen LogP contribution in [0.1, 0.15) is 40.0 Å². The van der Waals surface area contributed by atoms with Gasteiger partial charge in [0.1, 0.15) is 0 Å². The van der Waals surface area contributed by atoms with Crippen LogP contribution in [0.15, 0.2) is 0 Å². The van der Waals surface area contributed by atoms with Crippen LogP contribution in [0.3, 0.4) is 0 Å². The molecule has 1 aliphatic carbocycles. The van der Waals surface area contributed by atoms with E-state index in [0.717, 1.165) is 32.8 Å². The maximum Gasteiger partial charge on any atom is 0.0826 e. The SMILES string of the molecule is CC(C)N1CCOC(CNCC2(C)CCC2)C1. The molecule has 1 N–H and O–H groups in total. The lowest BCUT2D eigenvalue weighted by atomic mass is 9.70. The fourth-order valence-corrected chi connectivity index (χ4v) is 2.83. The monoisotopic (exact) mass is 240 g/mol. The van der Waals surface area contributed by atoms with Crippen LogP contribution in [0.25, 0.3) is 0 Å². The highest BCUT2D eigenvalue weighted by atomic mass is 16.5. The van der Waals surface area contributed by atoms with E-state index in [2.05, 4.69) is 31.0 Å². The minimum Gasteiger partial charge on any atom is -0.374 e. The summed E-state index contributed by atoms with van der Waals surface area (Å²) in [5.41, 5.74) is 0.576. The first-order valence-corrected chi connectivity index (χ1v) is 7.15. The quantitative estimate of drug-likeness (QED) is 0.794. The molecule has 0 aromatic carbocycles. The summed E-state index contributed by atoms with van der Waals surface area (Å²) in [6.07, 6.45) is 4.59. The van der Waals surface area contributed by atoms with E-state index < -0.39 is 0 Å². The molecule has 1 aliphatic heterocycles. The van der Waals surface area contributed by atoms with Gasteiger partial charge in [-0.1, -0.05) is 13.3 Å². The molecular formula is C14H28N2O. The number of hydrogen-bond donors (Lipinski definition) is 1. The Labute approximate surface area is 106 Å². The first-order chi connectivity index (χ1) is 8.09. The largest absolute Gasteiger partial charge is 0.374 e. The maximum atomic E-state index is 5.82. The summed E-state index contributed by atoms with van der Waals surface area (Å²) < 4.78 is 5.82. The summed E-state index contributed by atoms with van der Waals surface area (Å²) in [7, 11) is 0. The summed E-state index contributed by atoms with van der Waals surface area (Å²) in [6.45, 7) is 12.2. The third kappa shape index (κ3) is 3.67. The molecule has 0 bridgehead atoms. The molecule has 0 amide bonds. The molecule has 100 valence electrons. The molecule has 0 aromatic rings. The van der Waals surface area contributed by atoms with E-state index in [4.69, 9.17) is 4.74 Å². The van der Waals surface area contributed by atoms with Gasteiger partial charge >= 0.3 is 0 Å². The number of nitrogens with zero attached hydrogens (tertiary/aromatic N) is 1. The lowest BCUT2D eigenvalue weighted by molar-refractivity contribution is -0.0385. The minimum atomic E-state index is 0.384. The van der Waals surface area contributed by atoms with Gasteiger partial charge in [-0.3, -0.25) is 4.90 Å². The molecule has 3 nitrogen and oxygen atoms in total. The first-order valence-electron chi connectivity index (χ1n) is 7.15. The Morgan fingerprint density at radius 3 is 2.76 bits per heavy atom. The van der Waals surface area contributed by atoms with Crippen LogP contribution < -0.4 is 5.32 Å². The van der Waals surface area contributed by atoms with Gasteiger partial charge in [0, 0.05) is 32.2 Å². The minimum absolute atomic E-state index is 0.384. The van der Waals surface area contributed by atoms with E-state index in [1.165, 1.54) is 19.3 Å². The standard InChI is InChI=1S/C14H28N2O/c1-12(2)16-7-8-17-13(10-16)9-15-11-14(3)5-4-6-14/h12-13,15H,4-11H2,1-3H3. The molecule has 1 saturated heterocycles. The molecule has 2 rings (SSSR count). The number of ether oxygens (including phenoxy) is 1. The Kier molecular flexibility index (Phi) is 4.45. The fraction of sp³-hybridized carbons (Fsp3) is 1.00. The summed E-state index contributed by atoms with van der Waals surface area (Å²) in [5.74, 6) is 0. The molecule has 1 heterocycles. The molecule has 2 fully saturated rings. The van der Waals surface area contributed by atoms with Crippen LogP contribution in [-0.2, 0) is 4.74 Å². The van der Waals surface area contributed by atoms with E-state index in [0.29, 0.717) is 17.6 Å². The van der Waals surface area contributed by atoms with Crippen LogP contribution in [-0.4, -0.2) is 49.8 Å². The van der Waals surface area contributed by atoms with E-state index >= 15 is 0 Å². The predicted octanol–water partition coefficient (Wildman–Crippen LogP) is 1.88. The van der Waals surface area contributed by atoms with Gasteiger partial charge < -0.3 is 10.1 Å². The zero-order chi connectivity index (χ0) is 12.3. The smallest absolute Gasteiger partial charge is 0.0826 e. The summed E-state index contributed by atoms with van der Waals surface area (Å²) in [6, 6.07) is 0.644. The Morgan fingerprint density at radius 2 is 2.18 bits per heavy atom.